The number of benzene rings is 1. The van der Waals surface area contributed by atoms with Gasteiger partial charge in [-0.2, -0.15) is 8.78 Å². The van der Waals surface area contributed by atoms with E-state index in [0.717, 1.165) is 24.3 Å². The molecule has 0 heterocycles. The van der Waals surface area contributed by atoms with Crippen molar-refractivity contribution >= 4 is 0 Å². The van der Waals surface area contributed by atoms with Crippen LogP contribution in [0, 0.1) is 5.82 Å². The third kappa shape index (κ3) is 2.07. The van der Waals surface area contributed by atoms with Gasteiger partial charge in [0.1, 0.15) is 5.82 Å². The van der Waals surface area contributed by atoms with Gasteiger partial charge in [-0.05, 0) is 26.1 Å². The predicted molar refractivity (Wildman–Crippen MR) is 48.8 cm³/mol. The first-order valence-electron chi connectivity index (χ1n) is 4.29. The smallest absolute Gasteiger partial charge is 0.287 e. The molecule has 14 heavy (non-hydrogen) atoms. The lowest BCUT2D eigenvalue weighted by Gasteiger charge is -2.23. The lowest BCUT2D eigenvalue weighted by molar-refractivity contribution is -0.0354. The first-order valence-corrected chi connectivity index (χ1v) is 4.29. The number of likely N-dealkylation sites (N-methyl/N-ethyl adjacent to an activating group) is 1. The molecule has 1 unspecified atom stereocenters. The molecule has 1 nitrogen and oxygen atoms in total. The fourth-order valence-corrected chi connectivity index (χ4v) is 1.10. The Labute approximate surface area is 80.9 Å². The molecule has 1 aromatic rings. The fourth-order valence-electron chi connectivity index (χ4n) is 1.10. The number of rotatable bonds is 3. The molecule has 0 saturated heterocycles. The highest BCUT2D eigenvalue weighted by atomic mass is 19.3. The van der Waals surface area contributed by atoms with Gasteiger partial charge in [0, 0.05) is 5.56 Å². The Morgan fingerprint density at radius 1 is 1.21 bits per heavy atom. The van der Waals surface area contributed by atoms with E-state index in [1.54, 1.807) is 0 Å². The quantitative estimate of drug-likeness (QED) is 0.796. The van der Waals surface area contributed by atoms with Crippen molar-refractivity contribution in [3.8, 4) is 0 Å². The van der Waals surface area contributed by atoms with E-state index in [-0.39, 0.29) is 5.56 Å². The molecule has 0 aliphatic carbocycles. The predicted octanol–water partition coefficient (Wildman–Crippen LogP) is 2.53. The van der Waals surface area contributed by atoms with Crippen LogP contribution in [-0.4, -0.2) is 13.1 Å². The Morgan fingerprint density at radius 3 is 2.14 bits per heavy atom. The van der Waals surface area contributed by atoms with Crippen LogP contribution in [0.4, 0.5) is 13.2 Å². The summed E-state index contributed by atoms with van der Waals surface area (Å²) in [5.41, 5.74) is -0.180. The Morgan fingerprint density at radius 2 is 1.71 bits per heavy atom. The topological polar surface area (TPSA) is 12.0 Å². The van der Waals surface area contributed by atoms with Crippen molar-refractivity contribution in [3.63, 3.8) is 0 Å². The molecule has 0 aromatic heterocycles. The molecule has 0 fully saturated rings. The summed E-state index contributed by atoms with van der Waals surface area (Å²) in [6.45, 7) is 1.38. The van der Waals surface area contributed by atoms with Gasteiger partial charge in [0.25, 0.3) is 5.92 Å². The van der Waals surface area contributed by atoms with Gasteiger partial charge in [-0.15, -0.1) is 0 Å². The van der Waals surface area contributed by atoms with Gasteiger partial charge in [0.05, 0.1) is 6.04 Å². The molecule has 0 amide bonds. The zero-order valence-electron chi connectivity index (χ0n) is 8.02. The van der Waals surface area contributed by atoms with Gasteiger partial charge >= 0.3 is 0 Å². The lowest BCUT2D eigenvalue weighted by atomic mass is 10.0. The molecule has 0 aliphatic heterocycles. The van der Waals surface area contributed by atoms with E-state index in [1.165, 1.54) is 14.0 Å². The van der Waals surface area contributed by atoms with Crippen molar-refractivity contribution in [2.75, 3.05) is 7.05 Å². The Kier molecular flexibility index (Phi) is 3.16. The second-order valence-corrected chi connectivity index (χ2v) is 3.14. The highest BCUT2D eigenvalue weighted by Gasteiger charge is 2.37. The van der Waals surface area contributed by atoms with Gasteiger partial charge in [0.2, 0.25) is 0 Å². The molecule has 0 radical (unpaired) electrons. The highest BCUT2D eigenvalue weighted by Crippen LogP contribution is 2.31. The maximum atomic E-state index is 13.5. The minimum absolute atomic E-state index is 0.180. The van der Waals surface area contributed by atoms with Crippen molar-refractivity contribution < 1.29 is 13.2 Å². The molecular weight excluding hydrogens is 191 g/mol. The Bertz CT molecular complexity index is 295. The number of alkyl halides is 2. The van der Waals surface area contributed by atoms with Gasteiger partial charge in [-0.25, -0.2) is 4.39 Å². The van der Waals surface area contributed by atoms with E-state index in [4.69, 9.17) is 0 Å². The van der Waals surface area contributed by atoms with Crippen molar-refractivity contribution in [2.24, 2.45) is 0 Å². The zero-order chi connectivity index (χ0) is 10.8. The minimum atomic E-state index is -2.98. The van der Waals surface area contributed by atoms with Crippen LogP contribution >= 0.6 is 0 Å². The summed E-state index contributed by atoms with van der Waals surface area (Å²) in [4.78, 5) is 0. The third-order valence-corrected chi connectivity index (χ3v) is 2.21. The molecule has 1 N–H and O–H groups in total. The van der Waals surface area contributed by atoms with Crippen LogP contribution in [0.3, 0.4) is 0 Å². The molecular formula is C10H12F3N. The number of hydrogen-bond acceptors (Lipinski definition) is 1. The Hall–Kier alpha value is -1.03. The third-order valence-electron chi connectivity index (χ3n) is 2.21. The Balaban J connectivity index is 2.97. The first kappa shape index (κ1) is 11.0. The van der Waals surface area contributed by atoms with Crippen LogP contribution in [0.5, 0.6) is 0 Å². The summed E-state index contributed by atoms with van der Waals surface area (Å²) in [7, 11) is 1.46. The van der Waals surface area contributed by atoms with E-state index < -0.39 is 17.8 Å². The fraction of sp³-hybridized carbons (Fsp3) is 0.400. The number of halogens is 3. The van der Waals surface area contributed by atoms with Crippen LogP contribution in [0.2, 0.25) is 0 Å². The van der Waals surface area contributed by atoms with Crippen LogP contribution < -0.4 is 5.32 Å². The molecule has 0 bridgehead atoms. The van der Waals surface area contributed by atoms with E-state index in [9.17, 15) is 13.2 Å². The van der Waals surface area contributed by atoms with Crippen molar-refractivity contribution in [1.82, 2.24) is 5.32 Å². The molecule has 1 atom stereocenters. The average Bonchev–Trinajstić information content (AvgIpc) is 2.17. The van der Waals surface area contributed by atoms with E-state index in [0.29, 0.717) is 0 Å². The summed E-state index contributed by atoms with van der Waals surface area (Å²) in [6, 6.07) is 3.29. The van der Waals surface area contributed by atoms with Crippen molar-refractivity contribution in [1.29, 1.82) is 0 Å². The largest absolute Gasteiger partial charge is 0.312 e. The number of nitrogens with one attached hydrogen (secondary N) is 1. The normalized spacial score (nSPS) is 14.1. The zero-order valence-corrected chi connectivity index (χ0v) is 8.02. The van der Waals surface area contributed by atoms with Gasteiger partial charge in [-0.1, -0.05) is 12.1 Å². The average molecular weight is 203 g/mol. The van der Waals surface area contributed by atoms with Crippen molar-refractivity contribution in [3.05, 3.63) is 35.6 Å². The van der Waals surface area contributed by atoms with Gasteiger partial charge in [-0.3, -0.25) is 0 Å². The SMILES string of the molecule is CNC(C)C(F)(F)c1ccc(F)cc1. The summed E-state index contributed by atoms with van der Waals surface area (Å²) in [5, 5.41) is 2.47. The highest BCUT2D eigenvalue weighted by molar-refractivity contribution is 5.22. The molecule has 1 aromatic carbocycles. The van der Waals surface area contributed by atoms with Crippen LogP contribution in [0.15, 0.2) is 24.3 Å². The second kappa shape index (κ2) is 4.00. The van der Waals surface area contributed by atoms with Crippen molar-refractivity contribution in [2.45, 2.75) is 18.9 Å². The number of hydrogen-bond donors (Lipinski definition) is 1. The molecule has 0 aliphatic rings. The molecule has 78 valence electrons. The summed E-state index contributed by atoms with van der Waals surface area (Å²) in [6.07, 6.45) is 0. The molecule has 0 saturated carbocycles. The van der Waals surface area contributed by atoms with Crippen LogP contribution in [0.1, 0.15) is 12.5 Å². The van der Waals surface area contributed by atoms with Crippen LogP contribution in [-0.2, 0) is 5.92 Å². The lowest BCUT2D eigenvalue weighted by Crippen LogP contribution is -2.38. The summed E-state index contributed by atoms with van der Waals surface area (Å²) >= 11 is 0. The monoisotopic (exact) mass is 203 g/mol. The van der Waals surface area contributed by atoms with E-state index in [2.05, 4.69) is 5.32 Å². The molecule has 0 spiro atoms. The van der Waals surface area contributed by atoms with E-state index in [1.807, 2.05) is 0 Å². The summed E-state index contributed by atoms with van der Waals surface area (Å²) in [5.74, 6) is -3.50. The first-order chi connectivity index (χ1) is 6.48. The van der Waals surface area contributed by atoms with Gasteiger partial charge < -0.3 is 5.32 Å². The van der Waals surface area contributed by atoms with E-state index >= 15 is 0 Å². The summed E-state index contributed by atoms with van der Waals surface area (Å²) < 4.78 is 39.5. The standard InChI is InChI=1S/C10H12F3N/c1-7(14-2)10(12,13)8-3-5-9(11)6-4-8/h3-7,14H,1-2H3. The van der Waals surface area contributed by atoms with Gasteiger partial charge in [0.15, 0.2) is 0 Å². The second-order valence-electron chi connectivity index (χ2n) is 3.14. The minimum Gasteiger partial charge on any atom is -0.312 e. The van der Waals surface area contributed by atoms with Crippen LogP contribution in [0.25, 0.3) is 0 Å². The molecule has 4 heteroatoms. The maximum Gasteiger partial charge on any atom is 0.287 e. The molecule has 1 rings (SSSR count). The maximum absolute atomic E-state index is 13.5.